The maximum Gasteiger partial charge on any atom is 0.348 e. The van der Waals surface area contributed by atoms with Crippen LogP contribution in [0, 0.1) is 5.92 Å². The maximum atomic E-state index is 12.8. The highest BCUT2D eigenvalue weighted by atomic mass is 32.1. The van der Waals surface area contributed by atoms with Crippen LogP contribution in [-0.2, 0) is 4.74 Å². The third-order valence-electron chi connectivity index (χ3n) is 4.71. The van der Waals surface area contributed by atoms with Gasteiger partial charge in [-0.05, 0) is 43.7 Å². The Kier molecular flexibility index (Phi) is 4.29. The summed E-state index contributed by atoms with van der Waals surface area (Å²) < 4.78 is 4.71. The van der Waals surface area contributed by atoms with E-state index in [9.17, 15) is 9.59 Å². The second-order valence-electron chi connectivity index (χ2n) is 5.91. The Morgan fingerprint density at radius 2 is 1.86 bits per heavy atom. The fourth-order valence-electron chi connectivity index (χ4n) is 3.68. The first kappa shape index (κ1) is 14.6. The van der Waals surface area contributed by atoms with Crippen LogP contribution in [0.15, 0.2) is 12.1 Å². The molecule has 2 aliphatic rings. The highest BCUT2D eigenvalue weighted by Gasteiger charge is 2.36. The van der Waals surface area contributed by atoms with E-state index in [2.05, 4.69) is 4.90 Å². The topological polar surface area (TPSA) is 46.6 Å². The summed E-state index contributed by atoms with van der Waals surface area (Å²) in [6.45, 7) is 0.853. The van der Waals surface area contributed by atoms with Crippen LogP contribution < -0.4 is 0 Å². The molecule has 21 heavy (non-hydrogen) atoms. The number of ether oxygens (including phenoxy) is 1. The van der Waals surface area contributed by atoms with Crippen LogP contribution in [0.3, 0.4) is 0 Å². The van der Waals surface area contributed by atoms with Crippen molar-refractivity contribution in [2.75, 3.05) is 13.7 Å². The van der Waals surface area contributed by atoms with E-state index in [1.54, 1.807) is 12.1 Å². The van der Waals surface area contributed by atoms with Gasteiger partial charge in [0.2, 0.25) is 0 Å². The molecule has 1 aromatic heterocycles. The van der Waals surface area contributed by atoms with Crippen molar-refractivity contribution in [2.24, 2.45) is 5.92 Å². The van der Waals surface area contributed by atoms with Crippen molar-refractivity contribution >= 4 is 23.2 Å². The molecule has 4 nitrogen and oxygen atoms in total. The van der Waals surface area contributed by atoms with E-state index in [1.807, 2.05) is 0 Å². The van der Waals surface area contributed by atoms with Crippen molar-refractivity contribution in [3.05, 3.63) is 21.9 Å². The predicted octanol–water partition coefficient (Wildman–Crippen LogP) is 3.33. The number of thiophene rings is 1. The monoisotopic (exact) mass is 307 g/mol. The molecule has 2 fully saturated rings. The summed E-state index contributed by atoms with van der Waals surface area (Å²) in [4.78, 5) is 27.5. The highest BCUT2D eigenvalue weighted by molar-refractivity contribution is 7.15. The van der Waals surface area contributed by atoms with E-state index in [1.165, 1.54) is 44.1 Å². The lowest BCUT2D eigenvalue weighted by Crippen LogP contribution is -2.49. The zero-order valence-electron chi connectivity index (χ0n) is 12.3. The molecule has 1 saturated carbocycles. The van der Waals surface area contributed by atoms with Crippen LogP contribution in [0.25, 0.3) is 0 Å². The zero-order chi connectivity index (χ0) is 14.8. The third-order valence-corrected chi connectivity index (χ3v) is 5.76. The SMILES string of the molecule is COC(=O)c1ccc(C(=O)N2CCC[C@H]3CCCC[C@@H]32)s1. The number of hydrogen-bond acceptors (Lipinski definition) is 4. The number of likely N-dealkylation sites (tertiary alicyclic amines) is 1. The predicted molar refractivity (Wildman–Crippen MR) is 81.7 cm³/mol. The van der Waals surface area contributed by atoms with E-state index >= 15 is 0 Å². The number of hydrogen-bond donors (Lipinski definition) is 0. The quantitative estimate of drug-likeness (QED) is 0.787. The van der Waals surface area contributed by atoms with Crippen molar-refractivity contribution in [1.82, 2.24) is 4.90 Å². The Bertz CT molecular complexity index is 537. The molecule has 0 aromatic carbocycles. The van der Waals surface area contributed by atoms with Crippen LogP contribution >= 0.6 is 11.3 Å². The van der Waals surface area contributed by atoms with E-state index in [0.29, 0.717) is 21.7 Å². The summed E-state index contributed by atoms with van der Waals surface area (Å²) in [7, 11) is 1.36. The van der Waals surface area contributed by atoms with Crippen LogP contribution in [0.2, 0.25) is 0 Å². The van der Waals surface area contributed by atoms with E-state index in [-0.39, 0.29) is 11.9 Å². The van der Waals surface area contributed by atoms with Gasteiger partial charge in [-0.3, -0.25) is 4.79 Å². The zero-order valence-corrected chi connectivity index (χ0v) is 13.2. The molecule has 2 heterocycles. The summed E-state index contributed by atoms with van der Waals surface area (Å²) in [5.74, 6) is 0.400. The molecule has 0 N–H and O–H groups in total. The van der Waals surface area contributed by atoms with E-state index < -0.39 is 0 Å². The minimum Gasteiger partial charge on any atom is -0.465 e. The second-order valence-corrected chi connectivity index (χ2v) is 6.99. The lowest BCUT2D eigenvalue weighted by Gasteiger charge is -2.44. The number of fused-ring (bicyclic) bond motifs is 1. The van der Waals surface area contributed by atoms with Gasteiger partial charge in [-0.15, -0.1) is 11.3 Å². The average Bonchev–Trinajstić information content (AvgIpc) is 3.03. The van der Waals surface area contributed by atoms with Crippen LogP contribution in [-0.4, -0.2) is 36.5 Å². The third kappa shape index (κ3) is 2.84. The lowest BCUT2D eigenvalue weighted by atomic mass is 9.78. The number of esters is 1. The lowest BCUT2D eigenvalue weighted by molar-refractivity contribution is 0.0395. The molecule has 5 heteroatoms. The normalized spacial score (nSPS) is 25.3. The molecule has 2 atom stereocenters. The number of carbonyl (C=O) groups is 2. The van der Waals surface area contributed by atoms with Gasteiger partial charge in [-0.2, -0.15) is 0 Å². The standard InChI is InChI=1S/C16H21NO3S/c1-20-16(19)14-9-8-13(21-14)15(18)17-10-4-6-11-5-2-3-7-12(11)17/h8-9,11-12H,2-7,10H2,1H3/t11-,12+/m1/s1. The number of methoxy groups -OCH3 is 1. The van der Waals surface area contributed by atoms with Gasteiger partial charge < -0.3 is 9.64 Å². The van der Waals surface area contributed by atoms with Crippen molar-refractivity contribution in [1.29, 1.82) is 0 Å². The molecule has 0 spiro atoms. The summed E-state index contributed by atoms with van der Waals surface area (Å²) in [5.41, 5.74) is 0. The first-order valence-corrected chi connectivity index (χ1v) is 8.51. The molecule has 1 amide bonds. The first-order valence-electron chi connectivity index (χ1n) is 7.70. The Morgan fingerprint density at radius 3 is 2.67 bits per heavy atom. The van der Waals surface area contributed by atoms with Gasteiger partial charge in [0.15, 0.2) is 0 Å². The van der Waals surface area contributed by atoms with Crippen molar-refractivity contribution in [3.8, 4) is 0 Å². The summed E-state index contributed by atoms with van der Waals surface area (Å²) in [6.07, 6.45) is 7.27. The Balaban J connectivity index is 1.77. The molecule has 114 valence electrons. The molecular weight excluding hydrogens is 286 g/mol. The van der Waals surface area contributed by atoms with E-state index in [4.69, 9.17) is 4.74 Å². The minimum atomic E-state index is -0.367. The van der Waals surface area contributed by atoms with Gasteiger partial charge in [0, 0.05) is 12.6 Å². The van der Waals surface area contributed by atoms with Gasteiger partial charge >= 0.3 is 5.97 Å². The largest absolute Gasteiger partial charge is 0.465 e. The fraction of sp³-hybridized carbons (Fsp3) is 0.625. The van der Waals surface area contributed by atoms with Crippen LogP contribution in [0.5, 0.6) is 0 Å². The number of nitrogens with zero attached hydrogens (tertiary/aromatic N) is 1. The summed E-state index contributed by atoms with van der Waals surface area (Å²) in [6, 6.07) is 3.85. The first-order chi connectivity index (χ1) is 10.2. The van der Waals surface area contributed by atoms with E-state index in [0.717, 1.165) is 19.4 Å². The maximum absolute atomic E-state index is 12.8. The Morgan fingerprint density at radius 1 is 1.14 bits per heavy atom. The van der Waals surface area contributed by atoms with Crippen molar-refractivity contribution in [2.45, 2.75) is 44.6 Å². The van der Waals surface area contributed by atoms with Gasteiger partial charge in [0.25, 0.3) is 5.91 Å². The highest BCUT2D eigenvalue weighted by Crippen LogP contribution is 2.36. The average molecular weight is 307 g/mol. The second kappa shape index (κ2) is 6.18. The molecule has 0 bridgehead atoms. The Labute approximate surface area is 129 Å². The fourth-order valence-corrected chi connectivity index (χ4v) is 4.56. The Hall–Kier alpha value is -1.36. The molecule has 0 radical (unpaired) electrons. The number of amides is 1. The van der Waals surface area contributed by atoms with Crippen molar-refractivity contribution in [3.63, 3.8) is 0 Å². The van der Waals surface area contributed by atoms with Crippen LogP contribution in [0.1, 0.15) is 57.9 Å². The van der Waals surface area contributed by atoms with Crippen molar-refractivity contribution < 1.29 is 14.3 Å². The number of rotatable bonds is 2. The molecular formula is C16H21NO3S. The van der Waals surface area contributed by atoms with Gasteiger partial charge in [0.05, 0.1) is 12.0 Å². The van der Waals surface area contributed by atoms with Gasteiger partial charge in [-0.25, -0.2) is 4.79 Å². The van der Waals surface area contributed by atoms with Gasteiger partial charge in [-0.1, -0.05) is 12.8 Å². The molecule has 1 aromatic rings. The number of carbonyl (C=O) groups excluding carboxylic acids is 2. The summed E-state index contributed by atoms with van der Waals surface area (Å²) in [5, 5.41) is 0. The smallest absolute Gasteiger partial charge is 0.348 e. The summed E-state index contributed by atoms with van der Waals surface area (Å²) >= 11 is 1.24. The molecule has 0 unspecified atom stereocenters. The molecule has 1 aliphatic carbocycles. The minimum absolute atomic E-state index is 0.0896. The van der Waals surface area contributed by atoms with Crippen LogP contribution in [0.4, 0.5) is 0 Å². The number of piperidine rings is 1. The van der Waals surface area contributed by atoms with Gasteiger partial charge in [0.1, 0.15) is 4.88 Å². The molecule has 1 saturated heterocycles. The molecule has 1 aliphatic heterocycles. The molecule has 3 rings (SSSR count).